The average Bonchev–Trinajstić information content (AvgIpc) is 3.26. The summed E-state index contributed by atoms with van der Waals surface area (Å²) in [6.45, 7) is 4.44. The van der Waals surface area contributed by atoms with Crippen molar-refractivity contribution in [2.45, 2.75) is 57.2 Å². The van der Waals surface area contributed by atoms with Gasteiger partial charge in [-0.25, -0.2) is 4.98 Å². The van der Waals surface area contributed by atoms with E-state index in [2.05, 4.69) is 65.7 Å². The SMILES string of the molecule is CO[C@@H](c1cccc2nc([C@H]3CCC[C@@H](c4ncccc4C)N3C)cn12)C1CCN(C)CC1. The van der Waals surface area contributed by atoms with E-state index in [-0.39, 0.29) is 6.10 Å². The number of ether oxygens (including phenoxy) is 1. The van der Waals surface area contributed by atoms with Crippen LogP contribution < -0.4 is 0 Å². The maximum atomic E-state index is 6.10. The molecule has 5 rings (SSSR count). The van der Waals surface area contributed by atoms with Gasteiger partial charge in [0.15, 0.2) is 0 Å². The van der Waals surface area contributed by atoms with Gasteiger partial charge in [0, 0.05) is 19.5 Å². The standard InChI is InChI=1S/C27H37N5O/c1-19-8-7-15-28-26(19)23-10-5-9-22(31(23)3)21-18-32-24(11-6-12-25(32)29-21)27(33-4)20-13-16-30(2)17-14-20/h6-8,11-12,15,18,20,22-23,27H,5,9-10,13-14,16-17H2,1-4H3/t22-,23+,27-/m1/s1. The van der Waals surface area contributed by atoms with E-state index >= 15 is 0 Å². The van der Waals surface area contributed by atoms with E-state index in [0.29, 0.717) is 18.0 Å². The summed E-state index contributed by atoms with van der Waals surface area (Å²) in [6, 6.07) is 11.3. The fraction of sp³-hybridized carbons (Fsp3) is 0.556. The molecule has 2 saturated heterocycles. The second kappa shape index (κ2) is 9.53. The normalized spacial score (nSPS) is 24.4. The zero-order valence-corrected chi connectivity index (χ0v) is 20.4. The lowest BCUT2D eigenvalue weighted by Gasteiger charge is -2.39. The number of rotatable bonds is 5. The number of aryl methyl sites for hydroxylation is 1. The first-order valence-corrected chi connectivity index (χ1v) is 12.4. The molecule has 0 bridgehead atoms. The number of aromatic nitrogens is 3. The molecular weight excluding hydrogens is 410 g/mol. The van der Waals surface area contributed by atoms with Gasteiger partial charge >= 0.3 is 0 Å². The van der Waals surface area contributed by atoms with Crippen molar-refractivity contribution in [2.24, 2.45) is 5.92 Å². The molecule has 6 heteroatoms. The summed E-state index contributed by atoms with van der Waals surface area (Å²) in [5, 5.41) is 0. The van der Waals surface area contributed by atoms with Gasteiger partial charge in [0.25, 0.3) is 0 Å². The molecule has 176 valence electrons. The number of nitrogens with zero attached hydrogens (tertiary/aromatic N) is 5. The number of fused-ring (bicyclic) bond motifs is 1. The van der Waals surface area contributed by atoms with Crippen molar-refractivity contribution in [1.29, 1.82) is 0 Å². The first-order chi connectivity index (χ1) is 16.1. The van der Waals surface area contributed by atoms with E-state index < -0.39 is 0 Å². The summed E-state index contributed by atoms with van der Waals surface area (Å²) < 4.78 is 8.38. The van der Waals surface area contributed by atoms with E-state index in [0.717, 1.165) is 37.3 Å². The third-order valence-electron chi connectivity index (χ3n) is 7.92. The van der Waals surface area contributed by atoms with Crippen LogP contribution in [-0.4, -0.2) is 58.5 Å². The molecule has 0 saturated carbocycles. The number of hydrogen-bond acceptors (Lipinski definition) is 5. The lowest BCUT2D eigenvalue weighted by molar-refractivity contribution is 0.0205. The summed E-state index contributed by atoms with van der Waals surface area (Å²) in [6.07, 6.45) is 10.1. The van der Waals surface area contributed by atoms with Gasteiger partial charge in [-0.2, -0.15) is 0 Å². The molecule has 3 aromatic heterocycles. The molecule has 5 heterocycles. The smallest absolute Gasteiger partial charge is 0.137 e. The summed E-state index contributed by atoms with van der Waals surface area (Å²) in [5.74, 6) is 0.538. The van der Waals surface area contributed by atoms with Crippen molar-refractivity contribution in [1.82, 2.24) is 24.2 Å². The second-order valence-electron chi connectivity index (χ2n) is 9.98. The van der Waals surface area contributed by atoms with Gasteiger partial charge in [-0.05, 0) is 95.9 Å². The fourth-order valence-corrected chi connectivity index (χ4v) is 5.99. The Morgan fingerprint density at radius 3 is 2.55 bits per heavy atom. The molecule has 0 unspecified atom stereocenters. The lowest BCUT2D eigenvalue weighted by atomic mass is 9.89. The molecule has 2 aliphatic heterocycles. The monoisotopic (exact) mass is 447 g/mol. The van der Waals surface area contributed by atoms with Crippen LogP contribution in [0.25, 0.3) is 5.65 Å². The van der Waals surface area contributed by atoms with Crippen LogP contribution in [0.1, 0.15) is 72.9 Å². The summed E-state index contributed by atoms with van der Waals surface area (Å²) in [4.78, 5) is 14.8. The van der Waals surface area contributed by atoms with Gasteiger partial charge in [-0.1, -0.05) is 12.1 Å². The molecule has 0 N–H and O–H groups in total. The lowest BCUT2D eigenvalue weighted by Crippen LogP contribution is -2.34. The molecule has 33 heavy (non-hydrogen) atoms. The van der Waals surface area contributed by atoms with Gasteiger partial charge in [0.2, 0.25) is 0 Å². The number of imidazole rings is 1. The molecular formula is C27H37N5O. The summed E-state index contributed by atoms with van der Waals surface area (Å²) >= 11 is 0. The van der Waals surface area contributed by atoms with Crippen LogP contribution in [0.2, 0.25) is 0 Å². The van der Waals surface area contributed by atoms with Crippen LogP contribution in [0.5, 0.6) is 0 Å². The molecule has 2 fully saturated rings. The zero-order valence-electron chi connectivity index (χ0n) is 20.4. The van der Waals surface area contributed by atoms with Crippen LogP contribution in [0.3, 0.4) is 0 Å². The maximum Gasteiger partial charge on any atom is 0.137 e. The van der Waals surface area contributed by atoms with Crippen molar-refractivity contribution >= 4 is 5.65 Å². The Kier molecular flexibility index (Phi) is 6.50. The third-order valence-corrected chi connectivity index (χ3v) is 7.92. The van der Waals surface area contributed by atoms with Crippen LogP contribution >= 0.6 is 0 Å². The highest BCUT2D eigenvalue weighted by Crippen LogP contribution is 2.41. The third kappa shape index (κ3) is 4.32. The number of methoxy groups -OCH3 is 1. The number of likely N-dealkylation sites (tertiary alicyclic amines) is 2. The summed E-state index contributed by atoms with van der Waals surface area (Å²) in [5.41, 5.74) is 5.87. The Labute approximate surface area is 197 Å². The Bertz CT molecular complexity index is 1090. The minimum absolute atomic E-state index is 0.0949. The number of piperidine rings is 2. The van der Waals surface area contributed by atoms with Crippen molar-refractivity contribution in [3.05, 3.63) is 65.4 Å². The topological polar surface area (TPSA) is 45.9 Å². The van der Waals surface area contributed by atoms with Crippen molar-refractivity contribution in [3.8, 4) is 0 Å². The van der Waals surface area contributed by atoms with E-state index in [9.17, 15) is 0 Å². The molecule has 3 atom stereocenters. The Balaban J connectivity index is 1.45. The quantitative estimate of drug-likeness (QED) is 0.553. The van der Waals surface area contributed by atoms with E-state index in [4.69, 9.17) is 14.7 Å². The van der Waals surface area contributed by atoms with Gasteiger partial charge in [0.1, 0.15) is 11.8 Å². The minimum atomic E-state index is 0.0949. The first-order valence-electron chi connectivity index (χ1n) is 12.4. The molecule has 0 amide bonds. The predicted molar refractivity (Wildman–Crippen MR) is 131 cm³/mol. The molecule has 0 aromatic carbocycles. The highest BCUT2D eigenvalue weighted by Gasteiger charge is 2.33. The van der Waals surface area contributed by atoms with Crippen LogP contribution in [0.15, 0.2) is 42.7 Å². The van der Waals surface area contributed by atoms with E-state index in [1.54, 1.807) is 0 Å². The molecule has 0 spiro atoms. The zero-order chi connectivity index (χ0) is 22.9. The number of pyridine rings is 2. The first kappa shape index (κ1) is 22.5. The highest BCUT2D eigenvalue weighted by molar-refractivity contribution is 5.43. The van der Waals surface area contributed by atoms with Crippen molar-refractivity contribution in [2.75, 3.05) is 34.3 Å². The van der Waals surface area contributed by atoms with Gasteiger partial charge in [-0.3, -0.25) is 9.88 Å². The van der Waals surface area contributed by atoms with Crippen molar-refractivity contribution in [3.63, 3.8) is 0 Å². The predicted octanol–water partition coefficient (Wildman–Crippen LogP) is 4.97. The van der Waals surface area contributed by atoms with Gasteiger partial charge < -0.3 is 14.0 Å². The van der Waals surface area contributed by atoms with Crippen LogP contribution in [0.4, 0.5) is 0 Å². The molecule has 6 nitrogen and oxygen atoms in total. The molecule has 2 aliphatic rings. The molecule has 0 radical (unpaired) electrons. The largest absolute Gasteiger partial charge is 0.375 e. The minimum Gasteiger partial charge on any atom is -0.375 e. The Morgan fingerprint density at radius 1 is 1.00 bits per heavy atom. The second-order valence-corrected chi connectivity index (χ2v) is 9.98. The number of hydrogen-bond donors (Lipinski definition) is 0. The summed E-state index contributed by atoms with van der Waals surface area (Å²) in [7, 11) is 6.31. The Hall–Kier alpha value is -2.28. The van der Waals surface area contributed by atoms with Crippen molar-refractivity contribution < 1.29 is 4.74 Å². The van der Waals surface area contributed by atoms with E-state index in [1.165, 1.54) is 36.2 Å². The van der Waals surface area contributed by atoms with Gasteiger partial charge in [0.05, 0.1) is 29.2 Å². The fourth-order valence-electron chi connectivity index (χ4n) is 5.99. The van der Waals surface area contributed by atoms with Crippen LogP contribution in [-0.2, 0) is 4.74 Å². The van der Waals surface area contributed by atoms with Crippen LogP contribution in [0, 0.1) is 12.8 Å². The van der Waals surface area contributed by atoms with E-state index in [1.807, 2.05) is 19.4 Å². The Morgan fingerprint density at radius 2 is 1.79 bits per heavy atom. The molecule has 0 aliphatic carbocycles. The maximum absolute atomic E-state index is 6.10. The highest BCUT2D eigenvalue weighted by atomic mass is 16.5. The molecule has 3 aromatic rings. The average molecular weight is 448 g/mol. The van der Waals surface area contributed by atoms with Gasteiger partial charge in [-0.15, -0.1) is 0 Å².